The molecule has 0 spiro atoms. The number of rotatable bonds is 6. The normalized spacial score (nSPS) is 20.4. The maximum Gasteiger partial charge on any atom is 0.243 e. The van der Waals surface area contributed by atoms with E-state index in [2.05, 4.69) is 32.3 Å². The molecular weight excluding hydrogens is 579 g/mol. The molecule has 0 bridgehead atoms. The molecule has 2 fully saturated rings. The first kappa shape index (κ1) is 33.8. The van der Waals surface area contributed by atoms with Crippen molar-refractivity contribution in [2.75, 3.05) is 45.8 Å². The van der Waals surface area contributed by atoms with E-state index in [-0.39, 0.29) is 28.3 Å². The van der Waals surface area contributed by atoms with E-state index >= 15 is 0 Å². The van der Waals surface area contributed by atoms with Crippen LogP contribution in [-0.2, 0) is 25.5 Å². The van der Waals surface area contributed by atoms with Gasteiger partial charge in [-0.2, -0.15) is 8.61 Å². The molecule has 0 radical (unpaired) electrons. The lowest BCUT2D eigenvalue weighted by atomic mass is 9.87. The van der Waals surface area contributed by atoms with Gasteiger partial charge in [0.15, 0.2) is 0 Å². The van der Waals surface area contributed by atoms with E-state index < -0.39 is 20.0 Å². The quantitative estimate of drug-likeness (QED) is 0.356. The Bertz CT molecular complexity index is 1420. The second-order valence-electron chi connectivity index (χ2n) is 13.5. The number of nitrogens with zero attached hydrogens (tertiary/aromatic N) is 3. The van der Waals surface area contributed by atoms with Crippen LogP contribution >= 0.6 is 0 Å². The highest BCUT2D eigenvalue weighted by atomic mass is 32.2. The van der Waals surface area contributed by atoms with Gasteiger partial charge >= 0.3 is 0 Å². The Morgan fingerprint density at radius 1 is 0.698 bits per heavy atom. The van der Waals surface area contributed by atoms with Crippen molar-refractivity contribution in [3.05, 3.63) is 71.8 Å². The Kier molecular flexibility index (Phi) is 11.3. The van der Waals surface area contributed by atoms with Crippen LogP contribution in [0.1, 0.15) is 76.8 Å². The van der Waals surface area contributed by atoms with Crippen molar-refractivity contribution in [3.63, 3.8) is 0 Å². The van der Waals surface area contributed by atoms with Crippen molar-refractivity contribution in [2.24, 2.45) is 5.92 Å². The Balaban J connectivity index is 1.61. The largest absolute Gasteiger partial charge is 0.303 e. The van der Waals surface area contributed by atoms with Crippen molar-refractivity contribution < 1.29 is 16.8 Å². The molecule has 0 unspecified atom stereocenters. The molecule has 43 heavy (non-hydrogen) atoms. The molecule has 9 heteroatoms. The highest BCUT2D eigenvalue weighted by Crippen LogP contribution is 2.27. The summed E-state index contributed by atoms with van der Waals surface area (Å²) in [5, 5.41) is 0. The topological polar surface area (TPSA) is 78.0 Å². The van der Waals surface area contributed by atoms with Crippen LogP contribution < -0.4 is 0 Å². The van der Waals surface area contributed by atoms with Crippen molar-refractivity contribution in [1.29, 1.82) is 0 Å². The third-order valence-electron chi connectivity index (χ3n) is 8.82. The summed E-state index contributed by atoms with van der Waals surface area (Å²) in [6.07, 6.45) is 7.73. The molecule has 4 rings (SSSR count). The highest BCUT2D eigenvalue weighted by molar-refractivity contribution is 7.89. The molecule has 0 amide bonds. The minimum atomic E-state index is -3.81. The molecule has 0 N–H and O–H groups in total. The fourth-order valence-electron chi connectivity index (χ4n) is 6.22. The predicted octanol–water partition coefficient (Wildman–Crippen LogP) is 6.21. The van der Waals surface area contributed by atoms with Gasteiger partial charge in [0.25, 0.3) is 0 Å². The lowest BCUT2D eigenvalue weighted by Crippen LogP contribution is -2.42. The van der Waals surface area contributed by atoms with Crippen LogP contribution in [0.3, 0.4) is 0 Å². The zero-order valence-electron chi connectivity index (χ0n) is 26.6. The van der Waals surface area contributed by atoms with Gasteiger partial charge in [0.1, 0.15) is 0 Å². The third-order valence-corrected chi connectivity index (χ3v) is 12.5. The van der Waals surface area contributed by atoms with Crippen molar-refractivity contribution >= 4 is 20.0 Å². The SMILES string of the molecule is C=C1CN(S(=O)(=O)c2ccc(C)cc2)CCCN(CC2CCCCC2)CCCN(S(=O)(=O)c2ccc(C(C)(C)C)cc2)C1. The summed E-state index contributed by atoms with van der Waals surface area (Å²) < 4.78 is 58.6. The summed E-state index contributed by atoms with van der Waals surface area (Å²) >= 11 is 0. The molecule has 2 aromatic rings. The zero-order chi connectivity index (χ0) is 31.3. The maximum absolute atomic E-state index is 14.0. The Morgan fingerprint density at radius 2 is 1.16 bits per heavy atom. The highest BCUT2D eigenvalue weighted by Gasteiger charge is 2.30. The van der Waals surface area contributed by atoms with E-state index in [0.29, 0.717) is 37.4 Å². The van der Waals surface area contributed by atoms with Crippen LogP contribution in [0.2, 0.25) is 0 Å². The van der Waals surface area contributed by atoms with Gasteiger partial charge in [0.05, 0.1) is 9.79 Å². The smallest absolute Gasteiger partial charge is 0.243 e. The molecule has 1 heterocycles. The summed E-state index contributed by atoms with van der Waals surface area (Å²) in [6, 6.07) is 14.1. The van der Waals surface area contributed by atoms with E-state index in [1.54, 1.807) is 24.3 Å². The monoisotopic (exact) mass is 629 g/mol. The van der Waals surface area contributed by atoms with E-state index in [9.17, 15) is 16.8 Å². The Morgan fingerprint density at radius 3 is 1.63 bits per heavy atom. The average molecular weight is 630 g/mol. The lowest BCUT2D eigenvalue weighted by molar-refractivity contribution is 0.188. The molecule has 1 saturated carbocycles. The number of hydrogen-bond donors (Lipinski definition) is 0. The van der Waals surface area contributed by atoms with Crippen LogP contribution in [0.4, 0.5) is 0 Å². The molecule has 238 valence electrons. The molecule has 7 nitrogen and oxygen atoms in total. The average Bonchev–Trinajstić information content (AvgIpc) is 2.95. The standard InChI is InChI=1S/C34H51N3O4S2/c1-28-13-17-32(18-14-28)42(38,39)36-23-9-21-35(27-30-11-7-6-8-12-30)22-10-24-37(26-29(2)25-36)43(40,41)33-19-15-31(16-20-33)34(3,4)5/h13-20,30H,2,6-12,21-27H2,1,3-5H3. The predicted molar refractivity (Wildman–Crippen MR) is 175 cm³/mol. The third kappa shape index (κ3) is 9.01. The Labute approximate surface area is 261 Å². The van der Waals surface area contributed by atoms with E-state index in [4.69, 9.17) is 0 Å². The van der Waals surface area contributed by atoms with Crippen molar-refractivity contribution in [3.8, 4) is 0 Å². The molecule has 1 saturated heterocycles. The first-order valence-electron chi connectivity index (χ1n) is 15.8. The van der Waals surface area contributed by atoms with Crippen LogP contribution in [-0.4, -0.2) is 76.2 Å². The molecule has 2 aromatic carbocycles. The molecular formula is C34H51N3O4S2. The van der Waals surface area contributed by atoms with Gasteiger partial charge in [-0.05, 0) is 92.4 Å². The lowest BCUT2D eigenvalue weighted by Gasteiger charge is -2.33. The molecule has 0 aromatic heterocycles. The number of hydrogen-bond acceptors (Lipinski definition) is 5. The van der Waals surface area contributed by atoms with E-state index in [1.807, 2.05) is 31.2 Å². The van der Waals surface area contributed by atoms with Gasteiger partial charge in [0.2, 0.25) is 20.0 Å². The summed E-state index contributed by atoms with van der Waals surface area (Å²) in [5.41, 5.74) is 2.54. The summed E-state index contributed by atoms with van der Waals surface area (Å²) in [5.74, 6) is 0.648. The van der Waals surface area contributed by atoms with Crippen LogP contribution in [0.5, 0.6) is 0 Å². The molecule has 1 aliphatic heterocycles. The zero-order valence-corrected chi connectivity index (χ0v) is 28.2. The first-order chi connectivity index (χ1) is 20.3. The van der Waals surface area contributed by atoms with Gasteiger partial charge in [-0.25, -0.2) is 16.8 Å². The molecule has 1 aliphatic carbocycles. The first-order valence-corrected chi connectivity index (χ1v) is 18.7. The van der Waals surface area contributed by atoms with Crippen LogP contribution in [0, 0.1) is 12.8 Å². The van der Waals surface area contributed by atoms with Gasteiger partial charge in [-0.3, -0.25) is 0 Å². The second-order valence-corrected chi connectivity index (χ2v) is 17.4. The van der Waals surface area contributed by atoms with Crippen LogP contribution in [0.15, 0.2) is 70.5 Å². The number of aryl methyl sites for hydroxylation is 1. The number of sulfonamides is 2. The fraction of sp³-hybridized carbons (Fsp3) is 0.588. The van der Waals surface area contributed by atoms with Gasteiger partial charge in [0, 0.05) is 32.7 Å². The van der Waals surface area contributed by atoms with Crippen molar-refractivity contribution in [2.45, 2.75) is 87.8 Å². The fourth-order valence-corrected chi connectivity index (χ4v) is 9.22. The van der Waals surface area contributed by atoms with Gasteiger partial charge < -0.3 is 4.90 Å². The molecule has 2 aliphatic rings. The number of benzene rings is 2. The summed E-state index contributed by atoms with van der Waals surface area (Å²) in [4.78, 5) is 2.94. The van der Waals surface area contributed by atoms with Gasteiger partial charge in [-0.15, -0.1) is 0 Å². The van der Waals surface area contributed by atoms with E-state index in [1.165, 1.54) is 40.7 Å². The maximum atomic E-state index is 14.0. The van der Waals surface area contributed by atoms with Crippen molar-refractivity contribution in [1.82, 2.24) is 13.5 Å². The summed E-state index contributed by atoms with van der Waals surface area (Å²) in [6.45, 7) is 15.8. The summed E-state index contributed by atoms with van der Waals surface area (Å²) in [7, 11) is -7.60. The Hall–Kier alpha value is -2.04. The minimum Gasteiger partial charge on any atom is -0.303 e. The molecule has 0 atom stereocenters. The minimum absolute atomic E-state index is 0.0753. The van der Waals surface area contributed by atoms with Gasteiger partial charge in [-0.1, -0.05) is 76.4 Å². The second kappa shape index (κ2) is 14.4. The van der Waals surface area contributed by atoms with Crippen LogP contribution in [0.25, 0.3) is 0 Å². The van der Waals surface area contributed by atoms with E-state index in [0.717, 1.165) is 30.8 Å².